The summed E-state index contributed by atoms with van der Waals surface area (Å²) in [5.74, 6) is 3.71. The van der Waals surface area contributed by atoms with Gasteiger partial charge in [0.1, 0.15) is 11.5 Å². The summed E-state index contributed by atoms with van der Waals surface area (Å²) in [5, 5.41) is 2.98. The molecule has 2 bridgehead atoms. The number of fused-ring (bicyclic) bond motifs is 2. The van der Waals surface area contributed by atoms with Gasteiger partial charge in [0.15, 0.2) is 0 Å². The number of ether oxygens (including phenoxy) is 2. The van der Waals surface area contributed by atoms with Crippen molar-refractivity contribution in [1.29, 1.82) is 0 Å². The molecule has 0 spiro atoms. The van der Waals surface area contributed by atoms with Gasteiger partial charge in [-0.2, -0.15) is 0 Å². The molecule has 114 valence electrons. The molecule has 2 aliphatic carbocycles. The number of anilines is 1. The second kappa shape index (κ2) is 5.96. The summed E-state index contributed by atoms with van der Waals surface area (Å²) in [5.41, 5.74) is 0.736. The summed E-state index contributed by atoms with van der Waals surface area (Å²) in [6, 6.07) is 5.44. The van der Waals surface area contributed by atoms with Crippen LogP contribution in [0.4, 0.5) is 5.69 Å². The van der Waals surface area contributed by atoms with Crippen LogP contribution in [0.25, 0.3) is 0 Å². The maximum absolute atomic E-state index is 12.3. The molecule has 4 nitrogen and oxygen atoms in total. The van der Waals surface area contributed by atoms with E-state index in [0.717, 1.165) is 17.5 Å². The first-order chi connectivity index (χ1) is 10.2. The lowest BCUT2D eigenvalue weighted by molar-refractivity contribution is -0.117. The van der Waals surface area contributed by atoms with Crippen molar-refractivity contribution in [2.45, 2.75) is 32.1 Å². The van der Waals surface area contributed by atoms with Gasteiger partial charge in [0.25, 0.3) is 0 Å². The Kier molecular flexibility index (Phi) is 4.04. The zero-order chi connectivity index (χ0) is 14.8. The molecular weight excluding hydrogens is 266 g/mol. The number of rotatable bonds is 5. The largest absolute Gasteiger partial charge is 0.497 e. The van der Waals surface area contributed by atoms with Crippen LogP contribution in [0.1, 0.15) is 32.1 Å². The summed E-state index contributed by atoms with van der Waals surface area (Å²) in [6.07, 6.45) is 5.90. The van der Waals surface area contributed by atoms with E-state index in [9.17, 15) is 4.79 Å². The van der Waals surface area contributed by atoms with Crippen molar-refractivity contribution >= 4 is 11.6 Å². The van der Waals surface area contributed by atoms with Gasteiger partial charge in [-0.25, -0.2) is 0 Å². The van der Waals surface area contributed by atoms with Gasteiger partial charge < -0.3 is 14.8 Å². The third kappa shape index (κ3) is 3.14. The molecular formula is C17H23NO3. The van der Waals surface area contributed by atoms with E-state index in [2.05, 4.69) is 5.32 Å². The van der Waals surface area contributed by atoms with E-state index in [4.69, 9.17) is 9.47 Å². The van der Waals surface area contributed by atoms with Crippen LogP contribution in [-0.2, 0) is 4.79 Å². The fourth-order valence-corrected chi connectivity index (χ4v) is 3.96. The Balaban J connectivity index is 1.61. The molecule has 21 heavy (non-hydrogen) atoms. The highest BCUT2D eigenvalue weighted by Crippen LogP contribution is 2.49. The van der Waals surface area contributed by atoms with Crippen molar-refractivity contribution in [2.75, 3.05) is 19.5 Å². The van der Waals surface area contributed by atoms with E-state index in [1.807, 2.05) is 12.1 Å². The molecule has 0 aliphatic heterocycles. The van der Waals surface area contributed by atoms with Crippen molar-refractivity contribution in [1.82, 2.24) is 0 Å². The molecule has 1 amide bonds. The van der Waals surface area contributed by atoms with Gasteiger partial charge in [0.05, 0.1) is 14.2 Å². The van der Waals surface area contributed by atoms with Gasteiger partial charge in [-0.15, -0.1) is 0 Å². The predicted octanol–water partition coefficient (Wildman–Crippen LogP) is 3.47. The van der Waals surface area contributed by atoms with Crippen molar-refractivity contribution in [3.63, 3.8) is 0 Å². The monoisotopic (exact) mass is 289 g/mol. The quantitative estimate of drug-likeness (QED) is 0.903. The van der Waals surface area contributed by atoms with Crippen LogP contribution in [0, 0.1) is 17.8 Å². The highest BCUT2D eigenvalue weighted by Gasteiger charge is 2.40. The van der Waals surface area contributed by atoms with E-state index in [0.29, 0.717) is 23.8 Å². The predicted molar refractivity (Wildman–Crippen MR) is 81.7 cm³/mol. The van der Waals surface area contributed by atoms with E-state index < -0.39 is 0 Å². The normalized spacial score (nSPS) is 26.7. The Bertz CT molecular complexity index is 507. The number of carbonyl (C=O) groups is 1. The van der Waals surface area contributed by atoms with Crippen LogP contribution in [0.2, 0.25) is 0 Å². The highest BCUT2D eigenvalue weighted by atomic mass is 16.5. The fourth-order valence-electron chi connectivity index (χ4n) is 3.96. The Labute approximate surface area is 125 Å². The number of methoxy groups -OCH3 is 2. The SMILES string of the molecule is COc1cc(NC(=O)C[C@H]2C[C@H]3CC[C@@H]2C3)cc(OC)c1. The summed E-state index contributed by atoms with van der Waals surface area (Å²) >= 11 is 0. The van der Waals surface area contributed by atoms with Crippen LogP contribution in [0.5, 0.6) is 11.5 Å². The lowest BCUT2D eigenvalue weighted by Gasteiger charge is -2.21. The molecule has 0 saturated heterocycles. The molecule has 0 radical (unpaired) electrons. The summed E-state index contributed by atoms with van der Waals surface area (Å²) < 4.78 is 10.4. The Hall–Kier alpha value is -1.71. The van der Waals surface area contributed by atoms with Gasteiger partial charge in [-0.3, -0.25) is 4.79 Å². The standard InChI is InChI=1S/C17H23NO3/c1-20-15-8-14(9-16(10-15)21-2)18-17(19)7-13-6-11-3-4-12(13)5-11/h8-13H,3-7H2,1-2H3,(H,18,19)/t11-,12+,13+/m0/s1. The summed E-state index contributed by atoms with van der Waals surface area (Å²) in [4.78, 5) is 12.3. The molecule has 1 aromatic carbocycles. The minimum Gasteiger partial charge on any atom is -0.497 e. The van der Waals surface area contributed by atoms with Crippen molar-refractivity contribution in [3.8, 4) is 11.5 Å². The average Bonchev–Trinajstić information content (AvgIpc) is 3.09. The summed E-state index contributed by atoms with van der Waals surface area (Å²) in [6.45, 7) is 0. The number of nitrogens with one attached hydrogen (secondary N) is 1. The first-order valence-electron chi connectivity index (χ1n) is 7.71. The van der Waals surface area contributed by atoms with Crippen LogP contribution >= 0.6 is 0 Å². The van der Waals surface area contributed by atoms with Crippen LogP contribution in [-0.4, -0.2) is 20.1 Å². The number of hydrogen-bond donors (Lipinski definition) is 1. The average molecular weight is 289 g/mol. The second-order valence-electron chi connectivity index (χ2n) is 6.29. The first kappa shape index (κ1) is 14.2. The fraction of sp³-hybridized carbons (Fsp3) is 0.588. The molecule has 2 fully saturated rings. The Morgan fingerprint density at radius 3 is 2.38 bits per heavy atom. The van der Waals surface area contributed by atoms with E-state index >= 15 is 0 Å². The van der Waals surface area contributed by atoms with Gasteiger partial charge in [0.2, 0.25) is 5.91 Å². The molecule has 3 rings (SSSR count). The van der Waals surface area contributed by atoms with Crippen molar-refractivity contribution in [2.24, 2.45) is 17.8 Å². The van der Waals surface area contributed by atoms with Crippen LogP contribution < -0.4 is 14.8 Å². The van der Waals surface area contributed by atoms with Gasteiger partial charge in [-0.05, 0) is 37.0 Å². The molecule has 2 saturated carbocycles. The lowest BCUT2D eigenvalue weighted by Crippen LogP contribution is -2.20. The topological polar surface area (TPSA) is 47.6 Å². The van der Waals surface area contributed by atoms with Gasteiger partial charge >= 0.3 is 0 Å². The molecule has 2 aliphatic rings. The number of hydrogen-bond acceptors (Lipinski definition) is 3. The molecule has 0 heterocycles. The lowest BCUT2D eigenvalue weighted by atomic mass is 9.86. The number of amides is 1. The maximum atomic E-state index is 12.3. The van der Waals surface area contributed by atoms with Crippen LogP contribution in [0.15, 0.2) is 18.2 Å². The van der Waals surface area contributed by atoms with Crippen LogP contribution in [0.3, 0.4) is 0 Å². The van der Waals surface area contributed by atoms with E-state index in [-0.39, 0.29) is 5.91 Å². The van der Waals surface area contributed by atoms with Crippen molar-refractivity contribution in [3.05, 3.63) is 18.2 Å². The third-order valence-electron chi connectivity index (χ3n) is 4.97. The van der Waals surface area contributed by atoms with Gasteiger partial charge in [-0.1, -0.05) is 6.42 Å². The zero-order valence-electron chi connectivity index (χ0n) is 12.7. The molecule has 4 heteroatoms. The summed E-state index contributed by atoms with van der Waals surface area (Å²) in [7, 11) is 3.21. The van der Waals surface area contributed by atoms with E-state index in [1.165, 1.54) is 25.7 Å². The highest BCUT2D eigenvalue weighted by molar-refractivity contribution is 5.91. The smallest absolute Gasteiger partial charge is 0.224 e. The minimum absolute atomic E-state index is 0.0999. The maximum Gasteiger partial charge on any atom is 0.224 e. The molecule has 0 unspecified atom stereocenters. The Morgan fingerprint density at radius 2 is 1.86 bits per heavy atom. The van der Waals surface area contributed by atoms with E-state index in [1.54, 1.807) is 20.3 Å². The first-order valence-corrected chi connectivity index (χ1v) is 7.71. The number of carbonyl (C=O) groups excluding carboxylic acids is 1. The minimum atomic E-state index is 0.0999. The third-order valence-corrected chi connectivity index (χ3v) is 4.97. The second-order valence-corrected chi connectivity index (χ2v) is 6.29. The van der Waals surface area contributed by atoms with Crippen molar-refractivity contribution < 1.29 is 14.3 Å². The number of benzene rings is 1. The molecule has 3 atom stereocenters. The Morgan fingerprint density at radius 1 is 1.14 bits per heavy atom. The molecule has 1 N–H and O–H groups in total. The van der Waals surface area contributed by atoms with Gasteiger partial charge in [0, 0.05) is 30.3 Å². The molecule has 1 aromatic rings. The molecule has 0 aromatic heterocycles. The zero-order valence-corrected chi connectivity index (χ0v) is 12.7.